The highest BCUT2D eigenvalue weighted by Gasteiger charge is 2.24. The Morgan fingerprint density at radius 3 is 2.85 bits per heavy atom. The molecule has 0 unspecified atom stereocenters. The van der Waals surface area contributed by atoms with Crippen molar-refractivity contribution in [2.24, 2.45) is 0 Å². The number of likely N-dealkylation sites (N-methyl/N-ethyl adjacent to an activating group) is 1. The van der Waals surface area contributed by atoms with Gasteiger partial charge in [0.15, 0.2) is 5.03 Å². The number of carbonyl (C=O) groups excluding carboxylic acids is 1. The molecule has 1 aliphatic heterocycles. The summed E-state index contributed by atoms with van der Waals surface area (Å²) in [6.45, 7) is 2.25. The molecule has 11 heteroatoms. The van der Waals surface area contributed by atoms with Crippen LogP contribution in [0.15, 0.2) is 47.8 Å². The molecule has 0 atom stereocenters. The standard InChI is InChI=1S/C23H26N6O4S/c1-28-11-12-29-10-8-21(26-29)34(31,32)27-23(30)25-22-18-4-2-3-16(18)5-6-19(22)17-7-9-24-20(15-17)33-14-13-28/h5-10,15H,2-4,11-14H2,1H3,(H2,25,27,30). The number of aromatic nitrogens is 3. The predicted molar refractivity (Wildman–Crippen MR) is 126 cm³/mol. The lowest BCUT2D eigenvalue weighted by Crippen LogP contribution is -2.35. The largest absolute Gasteiger partial charge is 0.476 e. The zero-order chi connectivity index (χ0) is 23.7. The zero-order valence-electron chi connectivity index (χ0n) is 18.8. The molecule has 178 valence electrons. The average molecular weight is 483 g/mol. The fourth-order valence-corrected chi connectivity index (χ4v) is 5.17. The van der Waals surface area contributed by atoms with E-state index in [1.807, 2.05) is 25.2 Å². The lowest BCUT2D eigenvalue weighted by atomic mass is 9.98. The highest BCUT2D eigenvalue weighted by atomic mass is 32.2. The van der Waals surface area contributed by atoms with E-state index in [2.05, 4.69) is 31.1 Å². The summed E-state index contributed by atoms with van der Waals surface area (Å²) < 4.78 is 35.1. The number of pyridine rings is 1. The first kappa shape index (κ1) is 22.4. The maximum atomic E-state index is 12.9. The van der Waals surface area contributed by atoms with Gasteiger partial charge in [0.25, 0.3) is 10.0 Å². The van der Waals surface area contributed by atoms with Gasteiger partial charge in [-0.2, -0.15) is 13.5 Å². The number of fused-ring (bicyclic) bond motifs is 8. The van der Waals surface area contributed by atoms with Crippen molar-refractivity contribution < 1.29 is 17.9 Å². The number of benzene rings is 1. The third kappa shape index (κ3) is 4.62. The number of ether oxygens (including phenoxy) is 1. The van der Waals surface area contributed by atoms with Crippen LogP contribution >= 0.6 is 0 Å². The van der Waals surface area contributed by atoms with Gasteiger partial charge >= 0.3 is 6.03 Å². The number of urea groups is 1. The Balaban J connectivity index is 1.55. The number of sulfonamides is 1. The van der Waals surface area contributed by atoms with Crippen molar-refractivity contribution in [3.63, 3.8) is 0 Å². The lowest BCUT2D eigenvalue weighted by molar-refractivity contribution is 0.225. The minimum absolute atomic E-state index is 0.202. The highest BCUT2D eigenvalue weighted by molar-refractivity contribution is 7.90. The molecule has 5 rings (SSSR count). The minimum atomic E-state index is -4.13. The third-order valence-electron chi connectivity index (χ3n) is 6.12. The van der Waals surface area contributed by atoms with Crippen molar-refractivity contribution >= 4 is 21.7 Å². The topological polar surface area (TPSA) is 118 Å². The number of amides is 2. The summed E-state index contributed by atoms with van der Waals surface area (Å²) >= 11 is 0. The fourth-order valence-electron chi connectivity index (χ4n) is 4.32. The van der Waals surface area contributed by atoms with E-state index in [4.69, 9.17) is 4.74 Å². The molecule has 0 radical (unpaired) electrons. The maximum absolute atomic E-state index is 12.9. The number of rotatable bonds is 0. The molecule has 0 saturated heterocycles. The summed E-state index contributed by atoms with van der Waals surface area (Å²) in [4.78, 5) is 19.2. The van der Waals surface area contributed by atoms with Gasteiger partial charge in [0.2, 0.25) is 5.88 Å². The Kier molecular flexibility index (Phi) is 5.96. The van der Waals surface area contributed by atoms with Crippen LogP contribution in [-0.4, -0.2) is 60.9 Å². The van der Waals surface area contributed by atoms with E-state index in [1.54, 1.807) is 17.1 Å². The molecule has 4 bridgehead atoms. The van der Waals surface area contributed by atoms with Crippen LogP contribution in [0.4, 0.5) is 10.5 Å². The van der Waals surface area contributed by atoms with Crippen LogP contribution < -0.4 is 14.8 Å². The smallest absolute Gasteiger partial charge is 0.333 e. The van der Waals surface area contributed by atoms with E-state index in [1.165, 1.54) is 6.07 Å². The lowest BCUT2D eigenvalue weighted by Gasteiger charge is -2.18. The molecule has 3 heterocycles. The van der Waals surface area contributed by atoms with Gasteiger partial charge in [-0.25, -0.2) is 14.5 Å². The van der Waals surface area contributed by atoms with Crippen molar-refractivity contribution in [3.8, 4) is 17.0 Å². The van der Waals surface area contributed by atoms with Crippen LogP contribution in [0.5, 0.6) is 5.88 Å². The Bertz CT molecular complexity index is 1340. The SMILES string of the molecule is CN1CCOc2cc(ccn2)-c2ccc3c(c2NC(=O)NS(=O)(=O)c2ccn(n2)CC1)CCC3. The van der Waals surface area contributed by atoms with Gasteiger partial charge in [-0.3, -0.25) is 4.68 Å². The summed E-state index contributed by atoms with van der Waals surface area (Å²) in [5.74, 6) is 0.488. The van der Waals surface area contributed by atoms with Crippen LogP contribution in [0, 0.1) is 0 Å². The molecule has 2 amide bonds. The molecular weight excluding hydrogens is 456 g/mol. The number of hydrogen-bond acceptors (Lipinski definition) is 7. The number of nitrogens with one attached hydrogen (secondary N) is 2. The molecule has 34 heavy (non-hydrogen) atoms. The molecule has 1 aliphatic carbocycles. The average Bonchev–Trinajstić information content (AvgIpc) is 3.47. The van der Waals surface area contributed by atoms with E-state index in [-0.39, 0.29) is 5.03 Å². The van der Waals surface area contributed by atoms with Crippen molar-refractivity contribution in [2.75, 3.05) is 32.1 Å². The summed E-state index contributed by atoms with van der Waals surface area (Å²) in [7, 11) is -2.17. The van der Waals surface area contributed by atoms with E-state index < -0.39 is 16.1 Å². The number of aryl methyl sites for hydroxylation is 1. The number of hydrogen-bond donors (Lipinski definition) is 2. The Labute approximate surface area is 198 Å². The fraction of sp³-hybridized carbons (Fsp3) is 0.348. The Morgan fingerprint density at radius 1 is 1.09 bits per heavy atom. The van der Waals surface area contributed by atoms with Gasteiger partial charge in [0, 0.05) is 37.1 Å². The summed E-state index contributed by atoms with van der Waals surface area (Å²) in [6, 6.07) is 8.25. The van der Waals surface area contributed by atoms with Crippen molar-refractivity contribution in [1.29, 1.82) is 0 Å². The van der Waals surface area contributed by atoms with E-state index in [9.17, 15) is 13.2 Å². The van der Waals surface area contributed by atoms with Gasteiger partial charge in [-0.15, -0.1) is 0 Å². The molecule has 0 fully saturated rings. The maximum Gasteiger partial charge on any atom is 0.333 e. The Hall–Kier alpha value is -3.44. The summed E-state index contributed by atoms with van der Waals surface area (Å²) in [6.07, 6.45) is 5.95. The van der Waals surface area contributed by atoms with Gasteiger partial charge in [0.05, 0.1) is 12.2 Å². The molecule has 10 nitrogen and oxygen atoms in total. The molecule has 0 saturated carbocycles. The minimum Gasteiger partial charge on any atom is -0.476 e. The summed E-state index contributed by atoms with van der Waals surface area (Å²) in [5.41, 5.74) is 4.38. The zero-order valence-corrected chi connectivity index (χ0v) is 19.6. The second-order valence-electron chi connectivity index (χ2n) is 8.49. The second kappa shape index (κ2) is 9.07. The van der Waals surface area contributed by atoms with Crippen LogP contribution in [0.3, 0.4) is 0 Å². The highest BCUT2D eigenvalue weighted by Crippen LogP contribution is 2.38. The monoisotopic (exact) mass is 482 g/mol. The van der Waals surface area contributed by atoms with Crippen LogP contribution in [0.1, 0.15) is 17.5 Å². The normalized spacial score (nSPS) is 18.4. The number of carbonyl (C=O) groups is 1. The van der Waals surface area contributed by atoms with Gasteiger partial charge in [-0.05, 0) is 55.1 Å². The van der Waals surface area contributed by atoms with E-state index in [0.717, 1.165) is 41.5 Å². The van der Waals surface area contributed by atoms with Crippen molar-refractivity contribution in [1.82, 2.24) is 24.4 Å². The summed E-state index contributed by atoms with van der Waals surface area (Å²) in [5, 5.41) is 6.74. The van der Waals surface area contributed by atoms with Crippen molar-refractivity contribution in [3.05, 3.63) is 53.9 Å². The Morgan fingerprint density at radius 2 is 1.97 bits per heavy atom. The third-order valence-corrected chi connectivity index (χ3v) is 7.34. The molecule has 2 N–H and O–H groups in total. The molecule has 0 spiro atoms. The van der Waals surface area contributed by atoms with Gasteiger partial charge in [-0.1, -0.05) is 12.1 Å². The van der Waals surface area contributed by atoms with Gasteiger partial charge < -0.3 is 15.0 Å². The molecule has 2 aliphatic rings. The number of nitrogens with zero attached hydrogens (tertiary/aromatic N) is 4. The number of anilines is 1. The first-order chi connectivity index (χ1) is 16.4. The first-order valence-corrected chi connectivity index (χ1v) is 12.7. The van der Waals surface area contributed by atoms with E-state index in [0.29, 0.717) is 37.8 Å². The molecular formula is C23H26N6O4S. The van der Waals surface area contributed by atoms with Crippen LogP contribution in [-0.2, 0) is 29.4 Å². The van der Waals surface area contributed by atoms with Crippen molar-refractivity contribution in [2.45, 2.75) is 30.8 Å². The quantitative estimate of drug-likeness (QED) is 0.505. The van der Waals surface area contributed by atoms with E-state index >= 15 is 0 Å². The van der Waals surface area contributed by atoms with Crippen LogP contribution in [0.2, 0.25) is 0 Å². The van der Waals surface area contributed by atoms with Gasteiger partial charge in [0.1, 0.15) is 6.61 Å². The van der Waals surface area contributed by atoms with Crippen LogP contribution in [0.25, 0.3) is 11.1 Å². The predicted octanol–water partition coefficient (Wildman–Crippen LogP) is 2.27. The first-order valence-electron chi connectivity index (χ1n) is 11.2. The molecule has 1 aromatic carbocycles. The molecule has 3 aromatic rings. The molecule has 2 aromatic heterocycles. The second-order valence-corrected chi connectivity index (χ2v) is 10.1.